The first-order valence-electron chi connectivity index (χ1n) is 6.57. The van der Waals surface area contributed by atoms with Gasteiger partial charge in [-0.05, 0) is 66.0 Å². The Bertz CT molecular complexity index is 557. The van der Waals surface area contributed by atoms with Crippen LogP contribution in [0.4, 0.5) is 0 Å². The molecule has 1 atom stereocenters. The number of hydrogen-bond acceptors (Lipinski definition) is 4. The van der Waals surface area contributed by atoms with Crippen LogP contribution >= 0.6 is 15.9 Å². The molecule has 5 nitrogen and oxygen atoms in total. The van der Waals surface area contributed by atoms with E-state index in [0.29, 0.717) is 22.7 Å². The fraction of sp³-hybridized carbons (Fsp3) is 0.538. The van der Waals surface area contributed by atoms with E-state index in [2.05, 4.69) is 26.0 Å². The summed E-state index contributed by atoms with van der Waals surface area (Å²) in [5, 5.41) is 3.27. The van der Waals surface area contributed by atoms with E-state index < -0.39 is 10.0 Å². The highest BCUT2D eigenvalue weighted by Crippen LogP contribution is 2.27. The van der Waals surface area contributed by atoms with Gasteiger partial charge in [-0.1, -0.05) is 0 Å². The smallest absolute Gasteiger partial charge is 0.240 e. The van der Waals surface area contributed by atoms with Gasteiger partial charge in [-0.3, -0.25) is 0 Å². The summed E-state index contributed by atoms with van der Waals surface area (Å²) in [6.45, 7) is 2.48. The summed E-state index contributed by atoms with van der Waals surface area (Å²) in [6.07, 6.45) is 1.99. The van der Waals surface area contributed by atoms with E-state index in [9.17, 15) is 8.42 Å². The Hall–Kier alpha value is -0.630. The minimum atomic E-state index is -3.46. The summed E-state index contributed by atoms with van der Waals surface area (Å²) >= 11 is 3.30. The van der Waals surface area contributed by atoms with Crippen LogP contribution in [0, 0.1) is 5.92 Å². The molecule has 0 spiro atoms. The number of benzene rings is 1. The molecule has 0 amide bonds. The summed E-state index contributed by atoms with van der Waals surface area (Å²) in [5.41, 5.74) is 0. The zero-order valence-corrected chi connectivity index (χ0v) is 13.8. The maximum atomic E-state index is 12.2. The molecule has 2 N–H and O–H groups in total. The summed E-state index contributed by atoms with van der Waals surface area (Å²) in [4.78, 5) is 0.245. The van der Waals surface area contributed by atoms with Crippen LogP contribution in [0.5, 0.6) is 5.75 Å². The van der Waals surface area contributed by atoms with Gasteiger partial charge in [0.25, 0.3) is 0 Å². The standard InChI is InChI=1S/C13H19BrN2O3S/c1-19-13-3-2-11(8-12(13)14)20(17,18)16-7-5-10-4-6-15-9-10/h2-3,8,10,15-16H,4-7,9H2,1H3. The van der Waals surface area contributed by atoms with Crippen molar-refractivity contribution < 1.29 is 13.2 Å². The zero-order valence-electron chi connectivity index (χ0n) is 11.4. The van der Waals surface area contributed by atoms with Crippen LogP contribution in [0.2, 0.25) is 0 Å². The normalized spacial score (nSPS) is 19.2. The molecule has 1 unspecified atom stereocenters. The second-order valence-electron chi connectivity index (χ2n) is 4.84. The van der Waals surface area contributed by atoms with E-state index in [4.69, 9.17) is 4.74 Å². The highest BCUT2D eigenvalue weighted by atomic mass is 79.9. The first kappa shape index (κ1) is 15.8. The lowest BCUT2D eigenvalue weighted by Crippen LogP contribution is -2.26. The first-order valence-corrected chi connectivity index (χ1v) is 8.84. The van der Waals surface area contributed by atoms with Gasteiger partial charge in [-0.25, -0.2) is 13.1 Å². The lowest BCUT2D eigenvalue weighted by molar-refractivity contribution is 0.411. The van der Waals surface area contributed by atoms with Gasteiger partial charge in [0.05, 0.1) is 16.5 Å². The molecule has 7 heteroatoms. The third-order valence-corrected chi connectivity index (χ3v) is 5.52. The summed E-state index contributed by atoms with van der Waals surface area (Å²) < 4.78 is 32.7. The molecular formula is C13H19BrN2O3S. The SMILES string of the molecule is COc1ccc(S(=O)(=O)NCCC2CCNC2)cc1Br. The minimum Gasteiger partial charge on any atom is -0.496 e. The van der Waals surface area contributed by atoms with Gasteiger partial charge in [-0.2, -0.15) is 0 Å². The number of ether oxygens (including phenoxy) is 1. The van der Waals surface area contributed by atoms with Crippen molar-refractivity contribution in [2.45, 2.75) is 17.7 Å². The van der Waals surface area contributed by atoms with Crippen molar-refractivity contribution >= 4 is 26.0 Å². The molecule has 1 fully saturated rings. The molecule has 0 aromatic heterocycles. The Morgan fingerprint density at radius 3 is 2.90 bits per heavy atom. The van der Waals surface area contributed by atoms with Gasteiger partial charge >= 0.3 is 0 Å². The third kappa shape index (κ3) is 3.94. The molecule has 112 valence electrons. The van der Waals surface area contributed by atoms with Crippen molar-refractivity contribution in [3.8, 4) is 5.75 Å². The van der Waals surface area contributed by atoms with E-state index in [1.165, 1.54) is 0 Å². The molecule has 0 radical (unpaired) electrons. The van der Waals surface area contributed by atoms with Crippen molar-refractivity contribution in [3.05, 3.63) is 22.7 Å². The fourth-order valence-electron chi connectivity index (χ4n) is 2.26. The van der Waals surface area contributed by atoms with Gasteiger partial charge in [0.2, 0.25) is 10.0 Å². The fourth-order valence-corrected chi connectivity index (χ4v) is 4.02. The number of nitrogens with one attached hydrogen (secondary N) is 2. The van der Waals surface area contributed by atoms with Gasteiger partial charge in [0.1, 0.15) is 5.75 Å². The number of rotatable bonds is 6. The number of methoxy groups -OCH3 is 1. The van der Waals surface area contributed by atoms with Crippen LogP contribution in [0.25, 0.3) is 0 Å². The van der Waals surface area contributed by atoms with Crippen molar-refractivity contribution in [2.24, 2.45) is 5.92 Å². The van der Waals surface area contributed by atoms with Crippen LogP contribution < -0.4 is 14.8 Å². The van der Waals surface area contributed by atoms with E-state index in [1.807, 2.05) is 0 Å². The van der Waals surface area contributed by atoms with Crippen molar-refractivity contribution in [1.29, 1.82) is 0 Å². The molecule has 20 heavy (non-hydrogen) atoms. The molecule has 1 aromatic carbocycles. The van der Waals surface area contributed by atoms with Crippen molar-refractivity contribution in [3.63, 3.8) is 0 Å². The van der Waals surface area contributed by atoms with Crippen LogP contribution in [0.1, 0.15) is 12.8 Å². The van der Waals surface area contributed by atoms with Gasteiger partial charge in [-0.15, -0.1) is 0 Å². The van der Waals surface area contributed by atoms with E-state index in [1.54, 1.807) is 25.3 Å². The van der Waals surface area contributed by atoms with Crippen LogP contribution in [0.3, 0.4) is 0 Å². The predicted octanol–water partition coefficient (Wildman–Crippen LogP) is 1.74. The second-order valence-corrected chi connectivity index (χ2v) is 7.46. The lowest BCUT2D eigenvalue weighted by Gasteiger charge is -2.11. The molecule has 1 saturated heterocycles. The molecule has 2 rings (SSSR count). The van der Waals surface area contributed by atoms with E-state index >= 15 is 0 Å². The maximum absolute atomic E-state index is 12.2. The van der Waals surface area contributed by atoms with Crippen LogP contribution in [-0.2, 0) is 10.0 Å². The Morgan fingerprint density at radius 1 is 1.50 bits per heavy atom. The molecule has 1 aliphatic heterocycles. The van der Waals surface area contributed by atoms with Crippen LogP contribution in [-0.4, -0.2) is 35.2 Å². The Kier molecular flexibility index (Phi) is 5.42. The number of halogens is 1. The zero-order chi connectivity index (χ0) is 14.6. The van der Waals surface area contributed by atoms with Gasteiger partial charge < -0.3 is 10.1 Å². The third-order valence-electron chi connectivity index (χ3n) is 3.44. The molecule has 0 saturated carbocycles. The van der Waals surface area contributed by atoms with Crippen molar-refractivity contribution in [2.75, 3.05) is 26.7 Å². The summed E-state index contributed by atoms with van der Waals surface area (Å²) in [5.74, 6) is 1.18. The molecule has 0 bridgehead atoms. The monoisotopic (exact) mass is 362 g/mol. The summed E-state index contributed by atoms with van der Waals surface area (Å²) in [6, 6.07) is 4.74. The second kappa shape index (κ2) is 6.89. The maximum Gasteiger partial charge on any atom is 0.240 e. The largest absolute Gasteiger partial charge is 0.496 e. The molecule has 1 aromatic rings. The quantitative estimate of drug-likeness (QED) is 0.808. The minimum absolute atomic E-state index is 0.245. The average Bonchev–Trinajstić information content (AvgIpc) is 2.91. The van der Waals surface area contributed by atoms with Gasteiger partial charge in [0.15, 0.2) is 0 Å². The molecule has 1 aliphatic rings. The van der Waals surface area contributed by atoms with E-state index in [0.717, 1.165) is 25.9 Å². The molecule has 1 heterocycles. The van der Waals surface area contributed by atoms with Crippen LogP contribution in [0.15, 0.2) is 27.6 Å². The first-order chi connectivity index (χ1) is 9.53. The Morgan fingerprint density at radius 2 is 2.30 bits per heavy atom. The Labute approximate surface area is 128 Å². The predicted molar refractivity (Wildman–Crippen MR) is 81.5 cm³/mol. The number of sulfonamides is 1. The lowest BCUT2D eigenvalue weighted by atomic mass is 10.1. The Balaban J connectivity index is 1.96. The molecule has 0 aliphatic carbocycles. The summed E-state index contributed by atoms with van der Waals surface area (Å²) in [7, 11) is -1.91. The highest BCUT2D eigenvalue weighted by molar-refractivity contribution is 9.10. The molecular weight excluding hydrogens is 344 g/mol. The van der Waals surface area contributed by atoms with E-state index in [-0.39, 0.29) is 4.90 Å². The average molecular weight is 363 g/mol. The highest BCUT2D eigenvalue weighted by Gasteiger charge is 2.18. The van der Waals surface area contributed by atoms with Gasteiger partial charge in [0, 0.05) is 6.54 Å². The topological polar surface area (TPSA) is 67.4 Å². The number of hydrogen-bond donors (Lipinski definition) is 2. The van der Waals surface area contributed by atoms with Crippen molar-refractivity contribution in [1.82, 2.24) is 10.0 Å².